The van der Waals surface area contributed by atoms with Crippen LogP contribution in [0, 0.1) is 5.92 Å². The molecule has 6 nitrogen and oxygen atoms in total. The lowest BCUT2D eigenvalue weighted by Gasteiger charge is -2.28. The van der Waals surface area contributed by atoms with Crippen LogP contribution in [0.5, 0.6) is 0 Å². The maximum absolute atomic E-state index is 13.1. The highest BCUT2D eigenvalue weighted by Gasteiger charge is 2.27. The second-order valence-electron chi connectivity index (χ2n) is 7.07. The third-order valence-electron chi connectivity index (χ3n) is 5.33. The van der Waals surface area contributed by atoms with Crippen LogP contribution in [0.3, 0.4) is 0 Å². The van der Waals surface area contributed by atoms with Gasteiger partial charge in [-0.3, -0.25) is 14.6 Å². The van der Waals surface area contributed by atoms with Crippen LogP contribution in [-0.2, 0) is 4.79 Å². The zero-order valence-corrected chi connectivity index (χ0v) is 16.5. The molecular weight excluding hydrogens is 372 g/mol. The molecule has 1 aliphatic carbocycles. The quantitative estimate of drug-likeness (QED) is 0.710. The van der Waals surface area contributed by atoms with Gasteiger partial charge in [-0.15, -0.1) is 11.3 Å². The number of amides is 2. The molecule has 0 saturated heterocycles. The van der Waals surface area contributed by atoms with Crippen molar-refractivity contribution in [1.29, 1.82) is 0 Å². The van der Waals surface area contributed by atoms with Crippen molar-refractivity contribution in [3.05, 3.63) is 47.6 Å². The summed E-state index contributed by atoms with van der Waals surface area (Å²) in [5.41, 5.74) is 3.94. The van der Waals surface area contributed by atoms with Crippen LogP contribution in [0.4, 0.5) is 0 Å². The fraction of sp³-hybridized carbons (Fsp3) is 0.333. The second-order valence-corrected chi connectivity index (χ2v) is 7.96. The summed E-state index contributed by atoms with van der Waals surface area (Å²) in [6.45, 7) is 0. The van der Waals surface area contributed by atoms with Crippen molar-refractivity contribution in [2.45, 2.75) is 31.7 Å². The fourth-order valence-corrected chi connectivity index (χ4v) is 4.38. The van der Waals surface area contributed by atoms with Gasteiger partial charge in [0.15, 0.2) is 0 Å². The molecule has 1 saturated carbocycles. The van der Waals surface area contributed by atoms with Gasteiger partial charge in [-0.05, 0) is 37.8 Å². The van der Waals surface area contributed by atoms with Crippen molar-refractivity contribution in [3.8, 4) is 10.6 Å². The van der Waals surface area contributed by atoms with Gasteiger partial charge in [-0.2, -0.15) is 0 Å². The molecule has 144 valence electrons. The normalized spacial score (nSPS) is 19.3. The molecule has 4 rings (SSSR count). The van der Waals surface area contributed by atoms with E-state index >= 15 is 0 Å². The summed E-state index contributed by atoms with van der Waals surface area (Å²) in [6, 6.07) is 9.63. The van der Waals surface area contributed by atoms with Crippen molar-refractivity contribution in [2.75, 3.05) is 7.05 Å². The van der Waals surface area contributed by atoms with Gasteiger partial charge in [0.1, 0.15) is 0 Å². The Morgan fingerprint density at radius 3 is 2.64 bits per heavy atom. The molecule has 2 aromatic heterocycles. The van der Waals surface area contributed by atoms with Crippen LogP contribution >= 0.6 is 11.3 Å². The van der Waals surface area contributed by atoms with Gasteiger partial charge in [0, 0.05) is 30.6 Å². The highest BCUT2D eigenvalue weighted by Crippen LogP contribution is 2.28. The molecule has 0 spiro atoms. The molecule has 28 heavy (non-hydrogen) atoms. The van der Waals surface area contributed by atoms with Crippen molar-refractivity contribution >= 4 is 34.1 Å². The Morgan fingerprint density at radius 1 is 1.14 bits per heavy atom. The number of hydrogen-bond donors (Lipinski definition) is 2. The first-order valence-corrected chi connectivity index (χ1v) is 10.3. The molecule has 3 aromatic rings. The summed E-state index contributed by atoms with van der Waals surface area (Å²) in [5, 5.41) is 6.73. The number of thiazole rings is 1. The van der Waals surface area contributed by atoms with E-state index in [1.807, 2.05) is 30.3 Å². The molecule has 0 radical (unpaired) electrons. The van der Waals surface area contributed by atoms with Crippen LogP contribution < -0.4 is 10.6 Å². The molecule has 7 heteroatoms. The van der Waals surface area contributed by atoms with Crippen LogP contribution in [0.25, 0.3) is 21.5 Å². The number of carbonyl (C=O) groups is 2. The Labute approximate surface area is 167 Å². The Kier molecular flexibility index (Phi) is 5.34. The van der Waals surface area contributed by atoms with Gasteiger partial charge in [0.05, 0.1) is 27.2 Å². The van der Waals surface area contributed by atoms with E-state index in [0.717, 1.165) is 47.2 Å². The number of pyridine rings is 1. The van der Waals surface area contributed by atoms with Crippen molar-refractivity contribution < 1.29 is 9.59 Å². The lowest BCUT2D eigenvalue weighted by molar-refractivity contribution is -0.125. The molecule has 2 N–H and O–H groups in total. The topological polar surface area (TPSA) is 84.0 Å². The Hall–Kier alpha value is -2.80. The molecule has 2 amide bonds. The number of aromatic nitrogens is 2. The standard InChI is InChI=1S/C21H22N4O2S/c1-22-20(26)13-6-8-14(9-7-13)24-21(27)16-10-18(19-11-23-12-28-19)25-17-5-3-2-4-15(16)17/h2-5,10-14H,6-9H2,1H3,(H,22,26)(H,24,27)/t13-,14-. The number of hydrogen-bond acceptors (Lipinski definition) is 5. The lowest BCUT2D eigenvalue weighted by Crippen LogP contribution is -2.40. The summed E-state index contributed by atoms with van der Waals surface area (Å²) in [6.07, 6.45) is 4.99. The van der Waals surface area contributed by atoms with E-state index in [4.69, 9.17) is 4.98 Å². The minimum absolute atomic E-state index is 0.0536. The zero-order chi connectivity index (χ0) is 19.5. The maximum Gasteiger partial charge on any atom is 0.252 e. The first-order valence-electron chi connectivity index (χ1n) is 9.47. The van der Waals surface area contributed by atoms with Crippen LogP contribution in [0.2, 0.25) is 0 Å². The van der Waals surface area contributed by atoms with Crippen molar-refractivity contribution in [3.63, 3.8) is 0 Å². The zero-order valence-electron chi connectivity index (χ0n) is 15.6. The molecule has 0 bridgehead atoms. The monoisotopic (exact) mass is 394 g/mol. The number of fused-ring (bicyclic) bond motifs is 1. The predicted molar refractivity (Wildman–Crippen MR) is 110 cm³/mol. The van der Waals surface area contributed by atoms with E-state index in [1.165, 1.54) is 11.3 Å². The van der Waals surface area contributed by atoms with Gasteiger partial charge in [-0.1, -0.05) is 18.2 Å². The second kappa shape index (κ2) is 8.06. The average molecular weight is 395 g/mol. The predicted octanol–water partition coefficient (Wildman–Crippen LogP) is 3.39. The van der Waals surface area contributed by atoms with E-state index in [0.29, 0.717) is 5.56 Å². The third-order valence-corrected chi connectivity index (χ3v) is 6.12. The maximum atomic E-state index is 13.1. The summed E-state index contributed by atoms with van der Waals surface area (Å²) < 4.78 is 0. The van der Waals surface area contributed by atoms with Gasteiger partial charge < -0.3 is 10.6 Å². The van der Waals surface area contributed by atoms with Crippen LogP contribution in [0.1, 0.15) is 36.0 Å². The fourth-order valence-electron chi connectivity index (χ4n) is 3.80. The highest BCUT2D eigenvalue weighted by atomic mass is 32.1. The summed E-state index contributed by atoms with van der Waals surface area (Å²) >= 11 is 1.50. The number of rotatable bonds is 4. The SMILES string of the molecule is CNC(=O)[C@H]1CC[C@H](NC(=O)c2cc(-c3cncs3)nc3ccccc23)CC1. The smallest absolute Gasteiger partial charge is 0.252 e. The first kappa shape index (κ1) is 18.6. The Morgan fingerprint density at radius 2 is 1.93 bits per heavy atom. The molecule has 0 atom stereocenters. The van der Waals surface area contributed by atoms with Gasteiger partial charge >= 0.3 is 0 Å². The van der Waals surface area contributed by atoms with Crippen molar-refractivity contribution in [1.82, 2.24) is 20.6 Å². The molecule has 1 fully saturated rings. The van der Waals surface area contributed by atoms with E-state index in [9.17, 15) is 9.59 Å². The summed E-state index contributed by atoms with van der Waals surface area (Å²) in [4.78, 5) is 34.6. The minimum atomic E-state index is -0.0900. The molecule has 1 aliphatic rings. The number of carbonyl (C=O) groups excluding carboxylic acids is 2. The molecule has 1 aromatic carbocycles. The van der Waals surface area contributed by atoms with Gasteiger partial charge in [-0.25, -0.2) is 4.98 Å². The number of para-hydroxylation sites is 1. The molecule has 0 aliphatic heterocycles. The van der Waals surface area contributed by atoms with Crippen LogP contribution in [-0.4, -0.2) is 34.9 Å². The van der Waals surface area contributed by atoms with Crippen molar-refractivity contribution in [2.24, 2.45) is 5.92 Å². The van der Waals surface area contributed by atoms with Gasteiger partial charge in [0.25, 0.3) is 5.91 Å². The number of nitrogens with one attached hydrogen (secondary N) is 2. The van der Waals surface area contributed by atoms with E-state index in [2.05, 4.69) is 15.6 Å². The summed E-state index contributed by atoms with van der Waals surface area (Å²) in [7, 11) is 1.67. The Bertz CT molecular complexity index is 995. The molecule has 0 unspecified atom stereocenters. The Balaban J connectivity index is 1.57. The first-order chi connectivity index (χ1) is 13.7. The molecular formula is C21H22N4O2S. The third kappa shape index (κ3) is 3.75. The van der Waals surface area contributed by atoms with E-state index in [-0.39, 0.29) is 23.8 Å². The molecule has 2 heterocycles. The largest absolute Gasteiger partial charge is 0.359 e. The number of nitrogens with zero attached hydrogens (tertiary/aromatic N) is 2. The average Bonchev–Trinajstić information content (AvgIpc) is 3.28. The highest BCUT2D eigenvalue weighted by molar-refractivity contribution is 7.13. The lowest BCUT2D eigenvalue weighted by atomic mass is 9.85. The van der Waals surface area contributed by atoms with Crippen LogP contribution in [0.15, 0.2) is 42.0 Å². The van der Waals surface area contributed by atoms with Gasteiger partial charge in [0.2, 0.25) is 5.91 Å². The minimum Gasteiger partial charge on any atom is -0.359 e. The van der Waals surface area contributed by atoms with E-state index < -0.39 is 0 Å². The van der Waals surface area contributed by atoms with E-state index in [1.54, 1.807) is 18.8 Å². The summed E-state index contributed by atoms with van der Waals surface area (Å²) in [5.74, 6) is 0.0599. The number of benzene rings is 1.